The summed E-state index contributed by atoms with van der Waals surface area (Å²) in [5, 5.41) is 11.5. The number of carbonyl (C=O) groups excluding carboxylic acids is 1. The number of hydrogen-bond acceptors (Lipinski definition) is 6. The largest absolute Gasteiger partial charge is 0.369 e. The summed E-state index contributed by atoms with van der Waals surface area (Å²) in [5.74, 6) is 6.84. The number of rotatable bonds is 2. The number of aromatic nitrogens is 3. The van der Waals surface area contributed by atoms with Crippen molar-refractivity contribution in [2.75, 3.05) is 31.6 Å². The Balaban J connectivity index is 1.50. The highest BCUT2D eigenvalue weighted by Crippen LogP contribution is 2.28. The molecule has 150 valence electrons. The number of likely N-dealkylation sites (N-methyl/N-ethyl adjacent to an activating group) is 1. The molecule has 3 aromatic rings. The van der Waals surface area contributed by atoms with Gasteiger partial charge in [0, 0.05) is 62.0 Å². The summed E-state index contributed by atoms with van der Waals surface area (Å²) in [7, 11) is 1.67. The van der Waals surface area contributed by atoms with Crippen LogP contribution in [0.15, 0.2) is 42.7 Å². The number of carbonyl (C=O) groups is 1. The maximum atomic E-state index is 12.1. The van der Waals surface area contributed by atoms with E-state index in [1.807, 2.05) is 36.5 Å². The Kier molecular flexibility index (Phi) is 4.37. The molecule has 4 heterocycles. The smallest absolute Gasteiger partial charge is 0.267 e. The number of anilines is 1. The minimum atomic E-state index is -1.61. The lowest BCUT2D eigenvalue weighted by Crippen LogP contribution is -2.37. The second kappa shape index (κ2) is 7.08. The average Bonchev–Trinajstić information content (AvgIpc) is 2.99. The van der Waals surface area contributed by atoms with Gasteiger partial charge < -0.3 is 14.9 Å². The van der Waals surface area contributed by atoms with E-state index < -0.39 is 5.60 Å². The molecule has 1 N–H and O–H groups in total. The van der Waals surface area contributed by atoms with Gasteiger partial charge >= 0.3 is 0 Å². The molecule has 30 heavy (non-hydrogen) atoms. The van der Waals surface area contributed by atoms with Crippen LogP contribution in [0.25, 0.3) is 22.3 Å². The van der Waals surface area contributed by atoms with Gasteiger partial charge in [-0.25, -0.2) is 15.0 Å². The standard InChI is InChI=1S/C23H21N5O2/c1-27-13-9-23(30,22(27)29)8-6-16-4-2-5-17(14-16)20-25-15-18-7-10-24-21(19(18)26-20)28-11-3-12-28/h2,4-5,7,10,14-15,30H,3,9,11-13H2,1H3. The Labute approximate surface area is 174 Å². The van der Waals surface area contributed by atoms with Crippen molar-refractivity contribution in [2.45, 2.75) is 18.4 Å². The molecule has 7 heteroatoms. The van der Waals surface area contributed by atoms with Crippen LogP contribution < -0.4 is 4.90 Å². The fourth-order valence-corrected chi connectivity index (χ4v) is 3.72. The highest BCUT2D eigenvalue weighted by atomic mass is 16.3. The molecule has 1 aromatic carbocycles. The lowest BCUT2D eigenvalue weighted by molar-refractivity contribution is -0.137. The molecule has 0 radical (unpaired) electrons. The molecule has 1 unspecified atom stereocenters. The first-order chi connectivity index (χ1) is 14.5. The molecule has 2 saturated heterocycles. The molecule has 2 aromatic heterocycles. The van der Waals surface area contributed by atoms with Gasteiger partial charge in [0.1, 0.15) is 5.52 Å². The molecule has 0 saturated carbocycles. The predicted molar refractivity (Wildman–Crippen MR) is 114 cm³/mol. The zero-order valence-electron chi connectivity index (χ0n) is 16.7. The average molecular weight is 399 g/mol. The zero-order valence-corrected chi connectivity index (χ0v) is 16.7. The van der Waals surface area contributed by atoms with Gasteiger partial charge in [0.15, 0.2) is 11.6 Å². The van der Waals surface area contributed by atoms with E-state index in [-0.39, 0.29) is 5.91 Å². The third-order valence-electron chi connectivity index (χ3n) is 5.68. The van der Waals surface area contributed by atoms with Crippen LogP contribution in [0.1, 0.15) is 18.4 Å². The minimum Gasteiger partial charge on any atom is -0.369 e. The van der Waals surface area contributed by atoms with Gasteiger partial charge in [0.2, 0.25) is 5.60 Å². The third kappa shape index (κ3) is 3.15. The van der Waals surface area contributed by atoms with Gasteiger partial charge in [-0.15, -0.1) is 0 Å². The van der Waals surface area contributed by atoms with Crippen LogP contribution in [-0.2, 0) is 4.79 Å². The Bertz CT molecular complexity index is 1210. The van der Waals surface area contributed by atoms with Gasteiger partial charge in [-0.2, -0.15) is 0 Å². The lowest BCUT2D eigenvalue weighted by Gasteiger charge is -2.32. The van der Waals surface area contributed by atoms with Crippen LogP contribution in [0.5, 0.6) is 0 Å². The van der Waals surface area contributed by atoms with Crippen molar-refractivity contribution in [1.82, 2.24) is 19.9 Å². The van der Waals surface area contributed by atoms with Crippen molar-refractivity contribution in [1.29, 1.82) is 0 Å². The highest BCUT2D eigenvalue weighted by molar-refractivity contribution is 5.91. The van der Waals surface area contributed by atoms with E-state index in [1.54, 1.807) is 13.2 Å². The molecule has 7 nitrogen and oxygen atoms in total. The van der Waals surface area contributed by atoms with Gasteiger partial charge in [0.25, 0.3) is 5.91 Å². The number of pyridine rings is 1. The van der Waals surface area contributed by atoms with E-state index >= 15 is 0 Å². The van der Waals surface area contributed by atoms with Crippen molar-refractivity contribution in [3.8, 4) is 23.2 Å². The normalized spacial score (nSPS) is 20.8. The molecule has 1 atom stereocenters. The molecule has 0 spiro atoms. The number of likely N-dealkylation sites (tertiary alicyclic amines) is 1. The summed E-state index contributed by atoms with van der Waals surface area (Å²) >= 11 is 0. The summed E-state index contributed by atoms with van der Waals surface area (Å²) in [5.41, 5.74) is 0.750. The second-order valence-electron chi connectivity index (χ2n) is 7.77. The minimum absolute atomic E-state index is 0.315. The molecular weight excluding hydrogens is 378 g/mol. The van der Waals surface area contributed by atoms with Crippen LogP contribution in [0, 0.1) is 11.8 Å². The third-order valence-corrected chi connectivity index (χ3v) is 5.68. The quantitative estimate of drug-likeness (QED) is 0.663. The van der Waals surface area contributed by atoms with E-state index in [0.29, 0.717) is 24.4 Å². The fraction of sp³-hybridized carbons (Fsp3) is 0.304. The van der Waals surface area contributed by atoms with Crippen molar-refractivity contribution in [3.63, 3.8) is 0 Å². The highest BCUT2D eigenvalue weighted by Gasteiger charge is 2.42. The van der Waals surface area contributed by atoms with E-state index in [9.17, 15) is 9.90 Å². The molecule has 2 aliphatic rings. The van der Waals surface area contributed by atoms with Crippen molar-refractivity contribution < 1.29 is 9.90 Å². The molecule has 1 amide bonds. The molecule has 0 aliphatic carbocycles. The van der Waals surface area contributed by atoms with Crippen LogP contribution >= 0.6 is 0 Å². The summed E-state index contributed by atoms with van der Waals surface area (Å²) in [6, 6.07) is 9.44. The number of aliphatic hydroxyl groups is 1. The van der Waals surface area contributed by atoms with Crippen molar-refractivity contribution in [3.05, 3.63) is 48.3 Å². The van der Waals surface area contributed by atoms with Gasteiger partial charge in [0.05, 0.1) is 0 Å². The van der Waals surface area contributed by atoms with E-state index in [1.165, 1.54) is 11.3 Å². The monoisotopic (exact) mass is 399 g/mol. The maximum Gasteiger partial charge on any atom is 0.267 e. The van der Waals surface area contributed by atoms with E-state index in [0.717, 1.165) is 35.4 Å². The van der Waals surface area contributed by atoms with Crippen molar-refractivity contribution in [2.24, 2.45) is 0 Å². The fourth-order valence-electron chi connectivity index (χ4n) is 3.72. The number of hydrogen-bond donors (Lipinski definition) is 1. The Hall–Kier alpha value is -3.50. The van der Waals surface area contributed by atoms with Crippen molar-refractivity contribution >= 4 is 22.6 Å². The second-order valence-corrected chi connectivity index (χ2v) is 7.77. The first kappa shape index (κ1) is 18.5. The van der Waals surface area contributed by atoms with E-state index in [4.69, 9.17) is 4.98 Å². The molecular formula is C23H21N5O2. The number of amides is 1. The van der Waals surface area contributed by atoms with Gasteiger partial charge in [-0.05, 0) is 24.6 Å². The Morgan fingerprint density at radius 3 is 2.77 bits per heavy atom. The van der Waals surface area contributed by atoms with Crippen LogP contribution in [0.4, 0.5) is 5.82 Å². The van der Waals surface area contributed by atoms with Crippen LogP contribution in [0.3, 0.4) is 0 Å². The SMILES string of the molecule is CN1CCC(O)(C#Cc2cccc(-c3ncc4ccnc(N5CCC5)c4n3)c2)C1=O. The summed E-state index contributed by atoms with van der Waals surface area (Å²) in [6.45, 7) is 2.49. The predicted octanol–water partition coefficient (Wildman–Crippen LogP) is 1.85. The summed E-state index contributed by atoms with van der Waals surface area (Å²) < 4.78 is 0. The maximum absolute atomic E-state index is 12.1. The number of fused-ring (bicyclic) bond motifs is 1. The number of benzene rings is 1. The first-order valence-electron chi connectivity index (χ1n) is 10.0. The van der Waals surface area contributed by atoms with Gasteiger partial charge in [-0.1, -0.05) is 24.0 Å². The number of nitrogens with zero attached hydrogens (tertiary/aromatic N) is 5. The van der Waals surface area contributed by atoms with Crippen LogP contribution in [0.2, 0.25) is 0 Å². The molecule has 0 bridgehead atoms. The molecule has 5 rings (SSSR count). The summed E-state index contributed by atoms with van der Waals surface area (Å²) in [6.07, 6.45) is 5.09. The Morgan fingerprint density at radius 2 is 2.03 bits per heavy atom. The zero-order chi connectivity index (χ0) is 20.7. The van der Waals surface area contributed by atoms with Gasteiger partial charge in [-0.3, -0.25) is 4.79 Å². The lowest BCUT2D eigenvalue weighted by atomic mass is 10.0. The molecule has 2 aliphatic heterocycles. The first-order valence-corrected chi connectivity index (χ1v) is 10.0. The van der Waals surface area contributed by atoms with E-state index in [2.05, 4.69) is 26.7 Å². The topological polar surface area (TPSA) is 82.4 Å². The Morgan fingerprint density at radius 1 is 1.17 bits per heavy atom. The summed E-state index contributed by atoms with van der Waals surface area (Å²) in [4.78, 5) is 29.7. The van der Waals surface area contributed by atoms with Crippen LogP contribution in [-0.4, -0.2) is 63.1 Å². The molecule has 2 fully saturated rings.